The molecule has 7 nitrogen and oxygen atoms in total. The van der Waals surface area contributed by atoms with Gasteiger partial charge < -0.3 is 15.8 Å². The lowest BCUT2D eigenvalue weighted by Gasteiger charge is -2.34. The van der Waals surface area contributed by atoms with Gasteiger partial charge in [0, 0.05) is 19.8 Å². The second kappa shape index (κ2) is 6.93. The van der Waals surface area contributed by atoms with E-state index in [2.05, 4.69) is 10.4 Å². The summed E-state index contributed by atoms with van der Waals surface area (Å²) in [6, 6.07) is 0. The Morgan fingerprint density at radius 3 is 2.50 bits per heavy atom. The van der Waals surface area contributed by atoms with Gasteiger partial charge in [-0.1, -0.05) is 6.92 Å². The molecule has 2 rings (SSSR count). The lowest BCUT2D eigenvalue weighted by Crippen LogP contribution is -2.49. The zero-order chi connectivity index (χ0) is 18.0. The number of carbonyl (C=O) groups is 2. The summed E-state index contributed by atoms with van der Waals surface area (Å²) in [5, 5.41) is 7.25. The highest BCUT2D eigenvalue weighted by Gasteiger charge is 2.39. The van der Waals surface area contributed by atoms with Crippen molar-refractivity contribution in [2.45, 2.75) is 52.5 Å². The van der Waals surface area contributed by atoms with Crippen LogP contribution in [0.3, 0.4) is 0 Å². The second-order valence-electron chi connectivity index (χ2n) is 7.38. The lowest BCUT2D eigenvalue weighted by atomic mass is 9.79. The molecule has 0 unspecified atom stereocenters. The third-order valence-corrected chi connectivity index (χ3v) is 4.64. The van der Waals surface area contributed by atoms with Gasteiger partial charge >= 0.3 is 0 Å². The van der Waals surface area contributed by atoms with Crippen molar-refractivity contribution in [3.8, 4) is 0 Å². The van der Waals surface area contributed by atoms with Gasteiger partial charge in [0.15, 0.2) is 0 Å². The van der Waals surface area contributed by atoms with Crippen LogP contribution in [0.4, 0.5) is 0 Å². The average Bonchev–Trinajstić information content (AvgIpc) is 2.97. The van der Waals surface area contributed by atoms with Gasteiger partial charge in [0.25, 0.3) is 5.91 Å². The van der Waals surface area contributed by atoms with Crippen LogP contribution in [-0.4, -0.2) is 41.4 Å². The molecule has 0 bridgehead atoms. The third-order valence-electron chi connectivity index (χ3n) is 4.64. The minimum absolute atomic E-state index is 0.195. The van der Waals surface area contributed by atoms with E-state index in [9.17, 15) is 9.59 Å². The smallest absolute Gasteiger partial charge is 0.254 e. The molecule has 0 radical (unpaired) electrons. The number of amides is 2. The van der Waals surface area contributed by atoms with E-state index in [1.165, 1.54) is 0 Å². The van der Waals surface area contributed by atoms with Crippen molar-refractivity contribution >= 4 is 11.8 Å². The van der Waals surface area contributed by atoms with Crippen LogP contribution in [0.25, 0.3) is 0 Å². The molecule has 1 aliphatic heterocycles. The second-order valence-corrected chi connectivity index (χ2v) is 7.38. The highest BCUT2D eigenvalue weighted by atomic mass is 16.5. The van der Waals surface area contributed by atoms with E-state index < -0.39 is 5.41 Å². The van der Waals surface area contributed by atoms with Crippen LogP contribution in [0.1, 0.15) is 56.6 Å². The summed E-state index contributed by atoms with van der Waals surface area (Å²) in [4.78, 5) is 24.5. The molecule has 0 atom stereocenters. The van der Waals surface area contributed by atoms with Gasteiger partial charge in [-0.3, -0.25) is 14.3 Å². The zero-order valence-corrected chi connectivity index (χ0v) is 15.0. The number of hydrogen-bond donors (Lipinski definition) is 2. The number of hydrogen-bond acceptors (Lipinski definition) is 4. The maximum absolute atomic E-state index is 12.6. The first-order valence-corrected chi connectivity index (χ1v) is 8.44. The Balaban J connectivity index is 2.15. The molecule has 2 amide bonds. The molecule has 1 fully saturated rings. The molecule has 1 aromatic heterocycles. The van der Waals surface area contributed by atoms with E-state index in [4.69, 9.17) is 10.5 Å². The van der Waals surface area contributed by atoms with Crippen LogP contribution in [0, 0.1) is 5.41 Å². The first-order chi connectivity index (χ1) is 11.2. The van der Waals surface area contributed by atoms with Gasteiger partial charge in [0.1, 0.15) is 0 Å². The Morgan fingerprint density at radius 1 is 1.38 bits per heavy atom. The lowest BCUT2D eigenvalue weighted by molar-refractivity contribution is -0.132. The largest absolute Gasteiger partial charge is 0.381 e. The molecular formula is C17H28N4O3. The van der Waals surface area contributed by atoms with Crippen LogP contribution in [0.2, 0.25) is 0 Å². The van der Waals surface area contributed by atoms with Crippen molar-refractivity contribution in [1.29, 1.82) is 0 Å². The van der Waals surface area contributed by atoms with Gasteiger partial charge in [0.2, 0.25) is 5.91 Å². The molecule has 7 heteroatoms. The van der Waals surface area contributed by atoms with E-state index >= 15 is 0 Å². The first kappa shape index (κ1) is 18.4. The highest BCUT2D eigenvalue weighted by molar-refractivity contribution is 5.95. The van der Waals surface area contributed by atoms with E-state index in [0.717, 1.165) is 5.69 Å². The third kappa shape index (κ3) is 3.61. The monoisotopic (exact) mass is 336 g/mol. The molecule has 2 heterocycles. The number of nitrogens with zero attached hydrogens (tertiary/aromatic N) is 2. The molecule has 0 saturated carbocycles. The van der Waals surface area contributed by atoms with E-state index in [0.29, 0.717) is 38.0 Å². The summed E-state index contributed by atoms with van der Waals surface area (Å²) in [6.07, 6.45) is 3.37. The van der Waals surface area contributed by atoms with Crippen molar-refractivity contribution in [3.05, 3.63) is 17.5 Å². The zero-order valence-electron chi connectivity index (χ0n) is 15.0. The fraction of sp³-hybridized carbons (Fsp3) is 0.706. The molecule has 3 N–H and O–H groups in total. The van der Waals surface area contributed by atoms with Crippen molar-refractivity contribution in [2.75, 3.05) is 19.8 Å². The number of primary amides is 1. The van der Waals surface area contributed by atoms with Crippen molar-refractivity contribution in [3.63, 3.8) is 0 Å². The van der Waals surface area contributed by atoms with Gasteiger partial charge in [-0.2, -0.15) is 5.10 Å². The SMILES string of the molecule is CCc1c(C(=O)NCC2(C(N)=O)CCOCC2)cnn1C(C)(C)C. The Morgan fingerprint density at radius 2 is 2.00 bits per heavy atom. The van der Waals surface area contributed by atoms with E-state index in [1.807, 2.05) is 32.4 Å². The van der Waals surface area contributed by atoms with E-state index in [-0.39, 0.29) is 23.9 Å². The Bertz CT molecular complexity index is 610. The summed E-state index contributed by atoms with van der Waals surface area (Å²) < 4.78 is 7.19. The molecule has 0 aromatic carbocycles. The number of nitrogens with two attached hydrogens (primary N) is 1. The predicted octanol–water partition coefficient (Wildman–Crippen LogP) is 1.21. The van der Waals surface area contributed by atoms with Crippen LogP contribution < -0.4 is 11.1 Å². The minimum Gasteiger partial charge on any atom is -0.381 e. The van der Waals surface area contributed by atoms with Gasteiger partial charge in [-0.15, -0.1) is 0 Å². The van der Waals surface area contributed by atoms with Gasteiger partial charge in [-0.25, -0.2) is 0 Å². The standard InChI is InChI=1S/C17H28N4O3/c1-5-13-12(10-20-21(13)16(2,3)4)14(22)19-11-17(15(18)23)6-8-24-9-7-17/h10H,5-9,11H2,1-4H3,(H2,18,23)(H,19,22). The summed E-state index contributed by atoms with van der Waals surface area (Å²) in [5.74, 6) is -0.596. The van der Waals surface area contributed by atoms with Crippen molar-refractivity contribution in [2.24, 2.45) is 11.1 Å². The van der Waals surface area contributed by atoms with Crippen molar-refractivity contribution in [1.82, 2.24) is 15.1 Å². The number of ether oxygens (including phenoxy) is 1. The summed E-state index contributed by atoms with van der Waals surface area (Å²) in [7, 11) is 0. The molecule has 1 aromatic rings. The minimum atomic E-state index is -0.722. The Labute approximate surface area is 142 Å². The van der Waals surface area contributed by atoms with E-state index in [1.54, 1.807) is 6.20 Å². The summed E-state index contributed by atoms with van der Waals surface area (Å²) in [6.45, 7) is 9.34. The Kier molecular flexibility index (Phi) is 5.32. The number of rotatable bonds is 5. The van der Waals surface area contributed by atoms with Gasteiger partial charge in [-0.05, 0) is 40.0 Å². The fourth-order valence-corrected chi connectivity index (χ4v) is 3.10. The quantitative estimate of drug-likeness (QED) is 0.844. The summed E-state index contributed by atoms with van der Waals surface area (Å²) in [5.41, 5.74) is 6.11. The van der Waals surface area contributed by atoms with Crippen LogP contribution in [0.5, 0.6) is 0 Å². The number of nitrogens with one attached hydrogen (secondary N) is 1. The first-order valence-electron chi connectivity index (χ1n) is 8.44. The molecule has 134 valence electrons. The number of aromatic nitrogens is 2. The number of carbonyl (C=O) groups excluding carboxylic acids is 2. The molecular weight excluding hydrogens is 308 g/mol. The molecule has 0 aliphatic carbocycles. The van der Waals surface area contributed by atoms with Crippen molar-refractivity contribution < 1.29 is 14.3 Å². The van der Waals surface area contributed by atoms with Crippen LogP contribution in [0.15, 0.2) is 6.20 Å². The maximum Gasteiger partial charge on any atom is 0.254 e. The molecule has 24 heavy (non-hydrogen) atoms. The molecule has 1 aliphatic rings. The normalized spacial score (nSPS) is 17.5. The topological polar surface area (TPSA) is 99.2 Å². The Hall–Kier alpha value is -1.89. The van der Waals surface area contributed by atoms with Crippen LogP contribution in [-0.2, 0) is 21.5 Å². The average molecular weight is 336 g/mol. The predicted molar refractivity (Wildman–Crippen MR) is 90.6 cm³/mol. The summed E-state index contributed by atoms with van der Waals surface area (Å²) >= 11 is 0. The fourth-order valence-electron chi connectivity index (χ4n) is 3.10. The van der Waals surface area contributed by atoms with Gasteiger partial charge in [0.05, 0.1) is 28.4 Å². The molecule has 1 saturated heterocycles. The highest BCUT2D eigenvalue weighted by Crippen LogP contribution is 2.29. The van der Waals surface area contributed by atoms with Crippen LogP contribution >= 0.6 is 0 Å². The molecule has 0 spiro atoms. The maximum atomic E-state index is 12.6.